The van der Waals surface area contributed by atoms with E-state index in [1.54, 1.807) is 0 Å². The van der Waals surface area contributed by atoms with Crippen molar-refractivity contribution in [3.05, 3.63) is 0 Å². The number of aliphatic carboxylic acids is 3. The average Bonchev–Trinajstić information content (AvgIpc) is 3.15. The molecule has 0 spiro atoms. The molecule has 11 heteroatoms. The predicted molar refractivity (Wildman–Crippen MR) is 69.5 cm³/mol. The molecule has 0 radical (unpaired) electrons. The van der Waals surface area contributed by atoms with E-state index in [0.717, 1.165) is 0 Å². The SMILES string of the molecule is NC(N)=NCCC[C@H](N)C(=O)O.O=C(O)C1OC1C(=O)O. The summed E-state index contributed by atoms with van der Waals surface area (Å²) in [5.41, 5.74) is 15.3. The lowest BCUT2D eigenvalue weighted by atomic mass is 10.2. The van der Waals surface area contributed by atoms with Crippen LogP contribution in [0.3, 0.4) is 0 Å². The Bertz CT molecular complexity index is 404. The Morgan fingerprint density at radius 2 is 1.57 bits per heavy atom. The highest BCUT2D eigenvalue weighted by Gasteiger charge is 2.50. The average molecular weight is 306 g/mol. The Labute approximate surface area is 119 Å². The van der Waals surface area contributed by atoms with Crippen LogP contribution in [0.1, 0.15) is 12.8 Å². The molecule has 0 saturated carbocycles. The third kappa shape index (κ3) is 8.39. The second-order valence-electron chi connectivity index (χ2n) is 4.05. The van der Waals surface area contributed by atoms with Crippen molar-refractivity contribution >= 4 is 23.9 Å². The third-order valence-corrected chi connectivity index (χ3v) is 2.26. The first-order valence-corrected chi connectivity index (χ1v) is 5.81. The fourth-order valence-electron chi connectivity index (χ4n) is 1.13. The number of hydrogen-bond acceptors (Lipinski definition) is 6. The van der Waals surface area contributed by atoms with Crippen LogP contribution in [0, 0.1) is 0 Å². The van der Waals surface area contributed by atoms with Gasteiger partial charge in [0.1, 0.15) is 6.04 Å². The van der Waals surface area contributed by atoms with Crippen molar-refractivity contribution in [2.24, 2.45) is 22.2 Å². The Kier molecular flexibility index (Phi) is 7.71. The number of carboxylic acid groups (broad SMARTS) is 3. The number of carboxylic acids is 3. The predicted octanol–water partition coefficient (Wildman–Crippen LogP) is -2.63. The molecule has 1 rings (SSSR count). The van der Waals surface area contributed by atoms with Gasteiger partial charge in [0.05, 0.1) is 0 Å². The summed E-state index contributed by atoms with van der Waals surface area (Å²) in [5, 5.41) is 24.5. The van der Waals surface area contributed by atoms with Crippen LogP contribution in [-0.4, -0.2) is 64.0 Å². The monoisotopic (exact) mass is 306 g/mol. The zero-order valence-electron chi connectivity index (χ0n) is 11.0. The van der Waals surface area contributed by atoms with E-state index in [0.29, 0.717) is 19.4 Å². The van der Waals surface area contributed by atoms with Crippen molar-refractivity contribution in [3.63, 3.8) is 0 Å². The van der Waals surface area contributed by atoms with Crippen LogP contribution in [0.15, 0.2) is 4.99 Å². The van der Waals surface area contributed by atoms with Gasteiger partial charge in [-0.1, -0.05) is 0 Å². The maximum atomic E-state index is 10.2. The molecule has 0 amide bonds. The van der Waals surface area contributed by atoms with Crippen LogP contribution in [0.5, 0.6) is 0 Å². The molecule has 1 heterocycles. The summed E-state index contributed by atoms with van der Waals surface area (Å²) in [6.45, 7) is 0.420. The van der Waals surface area contributed by atoms with Crippen molar-refractivity contribution in [1.29, 1.82) is 0 Å². The minimum Gasteiger partial charge on any atom is -0.480 e. The zero-order valence-corrected chi connectivity index (χ0v) is 11.0. The van der Waals surface area contributed by atoms with E-state index in [2.05, 4.69) is 9.73 Å². The first kappa shape index (κ1) is 18.6. The topological polar surface area (TPSA) is 215 Å². The Balaban J connectivity index is 0.000000394. The van der Waals surface area contributed by atoms with Gasteiger partial charge in [-0.15, -0.1) is 0 Å². The molecule has 11 nitrogen and oxygen atoms in total. The number of guanidine groups is 1. The van der Waals surface area contributed by atoms with E-state index in [1.807, 2.05) is 0 Å². The largest absolute Gasteiger partial charge is 0.480 e. The number of rotatable bonds is 7. The van der Waals surface area contributed by atoms with E-state index in [-0.39, 0.29) is 5.96 Å². The van der Waals surface area contributed by atoms with Crippen molar-refractivity contribution in [1.82, 2.24) is 0 Å². The lowest BCUT2D eigenvalue weighted by Crippen LogP contribution is -2.30. The molecule has 9 N–H and O–H groups in total. The van der Waals surface area contributed by atoms with Crippen LogP contribution >= 0.6 is 0 Å². The van der Waals surface area contributed by atoms with Gasteiger partial charge in [0.25, 0.3) is 0 Å². The number of ether oxygens (including phenoxy) is 1. The molecule has 1 saturated heterocycles. The maximum absolute atomic E-state index is 10.2. The second kappa shape index (κ2) is 8.71. The first-order valence-electron chi connectivity index (χ1n) is 5.81. The molecular weight excluding hydrogens is 288 g/mol. The summed E-state index contributed by atoms with van der Waals surface area (Å²) >= 11 is 0. The molecule has 0 aliphatic carbocycles. The van der Waals surface area contributed by atoms with Gasteiger partial charge in [0.15, 0.2) is 18.2 Å². The zero-order chi connectivity index (χ0) is 16.6. The fourth-order valence-corrected chi connectivity index (χ4v) is 1.13. The molecule has 1 aliphatic rings. The molecule has 21 heavy (non-hydrogen) atoms. The summed E-state index contributed by atoms with van der Waals surface area (Å²) in [6, 6.07) is -0.820. The molecule has 0 aromatic rings. The normalized spacial score (nSPS) is 20.4. The summed E-state index contributed by atoms with van der Waals surface area (Å²) in [6.07, 6.45) is -1.29. The molecule has 0 bridgehead atoms. The van der Waals surface area contributed by atoms with E-state index in [1.165, 1.54) is 0 Å². The number of nitrogens with zero attached hydrogens (tertiary/aromatic N) is 1. The maximum Gasteiger partial charge on any atom is 0.336 e. The highest BCUT2D eigenvalue weighted by atomic mass is 16.6. The van der Waals surface area contributed by atoms with Crippen molar-refractivity contribution < 1.29 is 34.4 Å². The van der Waals surface area contributed by atoms with Gasteiger partial charge in [0.2, 0.25) is 0 Å². The van der Waals surface area contributed by atoms with Crippen LogP contribution < -0.4 is 17.2 Å². The lowest BCUT2D eigenvalue weighted by molar-refractivity contribution is -0.140. The summed E-state index contributed by atoms with van der Waals surface area (Å²) in [5.74, 6) is -3.43. The van der Waals surface area contributed by atoms with Crippen LogP contribution in [0.25, 0.3) is 0 Å². The smallest absolute Gasteiger partial charge is 0.336 e. The molecular formula is C10H18N4O7. The number of hydrogen-bond donors (Lipinski definition) is 6. The fraction of sp³-hybridized carbons (Fsp3) is 0.600. The Morgan fingerprint density at radius 1 is 1.10 bits per heavy atom. The van der Waals surface area contributed by atoms with Crippen LogP contribution in [-0.2, 0) is 19.1 Å². The number of nitrogens with two attached hydrogens (primary N) is 3. The number of carbonyl (C=O) groups is 3. The lowest BCUT2D eigenvalue weighted by Gasteiger charge is -2.03. The van der Waals surface area contributed by atoms with E-state index >= 15 is 0 Å². The summed E-state index contributed by atoms with van der Waals surface area (Å²) in [4.78, 5) is 33.7. The number of aliphatic imine (C=N–C) groups is 1. The molecule has 1 fully saturated rings. The Morgan fingerprint density at radius 3 is 1.86 bits per heavy atom. The van der Waals surface area contributed by atoms with E-state index in [9.17, 15) is 14.4 Å². The van der Waals surface area contributed by atoms with Crippen LogP contribution in [0.4, 0.5) is 0 Å². The minimum atomic E-state index is -1.22. The van der Waals surface area contributed by atoms with E-state index < -0.39 is 36.2 Å². The first-order chi connectivity index (χ1) is 9.66. The molecule has 1 aliphatic heterocycles. The van der Waals surface area contributed by atoms with Crippen LogP contribution in [0.2, 0.25) is 0 Å². The molecule has 3 atom stereocenters. The highest BCUT2D eigenvalue weighted by Crippen LogP contribution is 2.21. The van der Waals surface area contributed by atoms with Crippen molar-refractivity contribution in [2.75, 3.05) is 6.54 Å². The second-order valence-corrected chi connectivity index (χ2v) is 4.05. The van der Waals surface area contributed by atoms with Gasteiger partial charge in [0, 0.05) is 6.54 Å². The van der Waals surface area contributed by atoms with Gasteiger partial charge in [-0.25, -0.2) is 9.59 Å². The van der Waals surface area contributed by atoms with Gasteiger partial charge < -0.3 is 37.3 Å². The molecule has 0 aromatic heterocycles. The van der Waals surface area contributed by atoms with Gasteiger partial charge in [-0.3, -0.25) is 9.79 Å². The van der Waals surface area contributed by atoms with Gasteiger partial charge >= 0.3 is 17.9 Å². The Hall–Kier alpha value is -2.40. The minimum absolute atomic E-state index is 0.0129. The third-order valence-electron chi connectivity index (χ3n) is 2.26. The summed E-state index contributed by atoms with van der Waals surface area (Å²) in [7, 11) is 0. The van der Waals surface area contributed by atoms with Crippen molar-refractivity contribution in [3.8, 4) is 0 Å². The molecule has 0 aromatic carbocycles. The number of epoxide rings is 1. The van der Waals surface area contributed by atoms with Gasteiger partial charge in [-0.05, 0) is 12.8 Å². The molecule has 120 valence electrons. The highest BCUT2D eigenvalue weighted by molar-refractivity contribution is 5.87. The van der Waals surface area contributed by atoms with Crippen molar-refractivity contribution in [2.45, 2.75) is 31.1 Å². The molecule has 2 unspecified atom stereocenters. The standard InChI is InChI=1S/C6H14N4O2.C4H4O5/c7-4(5(11)12)2-1-3-10-6(8)9;5-3(6)1-2(9-1)4(7)8/h4H,1-3,7H2,(H,11,12)(H4,8,9,10);1-2H,(H,5,6)(H,7,8)/t4-;/m0./s1. The van der Waals surface area contributed by atoms with Gasteiger partial charge in [-0.2, -0.15) is 0 Å². The van der Waals surface area contributed by atoms with E-state index in [4.69, 9.17) is 32.5 Å². The quantitative estimate of drug-likeness (QED) is 0.124. The summed E-state index contributed by atoms with van der Waals surface area (Å²) < 4.78 is 4.24.